The molecule has 0 unspecified atom stereocenters. The van der Waals surface area contributed by atoms with Gasteiger partial charge in [0.1, 0.15) is 5.00 Å². The summed E-state index contributed by atoms with van der Waals surface area (Å²) in [5.74, 6) is -2.97. The number of anilines is 1. The summed E-state index contributed by atoms with van der Waals surface area (Å²) in [6, 6.07) is 0. The third-order valence-electron chi connectivity index (χ3n) is 7.64. The minimum atomic E-state index is -0.901. The SMILES string of the molecule is CCOC(=O)c1c(NC(=O)[C@H]2[C@@H](C(=O)O)[C@@H]3CC[C@H]2C3=C(C)C)sc2c1CCCCCCC2. The number of carboxylic acid groups (broad SMARTS) is 1. The van der Waals surface area contributed by atoms with Crippen LogP contribution in [0.4, 0.5) is 5.00 Å². The van der Waals surface area contributed by atoms with E-state index in [2.05, 4.69) is 5.32 Å². The topological polar surface area (TPSA) is 92.7 Å². The van der Waals surface area contributed by atoms with Gasteiger partial charge >= 0.3 is 11.9 Å². The molecule has 1 amide bonds. The maximum Gasteiger partial charge on any atom is 0.341 e. The number of fused-ring (bicyclic) bond motifs is 3. The van der Waals surface area contributed by atoms with Crippen LogP contribution >= 0.6 is 11.3 Å². The number of carboxylic acids is 1. The van der Waals surface area contributed by atoms with E-state index >= 15 is 0 Å². The summed E-state index contributed by atoms with van der Waals surface area (Å²) in [4.78, 5) is 39.9. The molecular formula is C26H35NO5S. The Morgan fingerprint density at radius 3 is 2.27 bits per heavy atom. The van der Waals surface area contributed by atoms with Crippen LogP contribution in [-0.2, 0) is 27.2 Å². The standard InChI is InChI=1S/C26H35NO5S/c1-4-32-26(31)22-15-10-8-6-5-7-9-11-18(15)33-24(22)27-23(28)20-16-12-13-17(19(16)14(2)3)21(20)25(29)30/h16-17,20-21H,4-13H2,1-3H3,(H,27,28)(H,29,30)/t16-,17+,20+,21-/m0/s1. The van der Waals surface area contributed by atoms with Gasteiger partial charge in [0.25, 0.3) is 0 Å². The number of aliphatic carboxylic acids is 1. The van der Waals surface area contributed by atoms with Gasteiger partial charge in [-0.05, 0) is 76.7 Å². The number of carbonyl (C=O) groups excluding carboxylic acids is 2. The summed E-state index contributed by atoms with van der Waals surface area (Å²) >= 11 is 1.48. The second-order valence-corrected chi connectivity index (χ2v) is 10.9. The van der Waals surface area contributed by atoms with Crippen LogP contribution in [0, 0.1) is 23.7 Å². The Morgan fingerprint density at radius 1 is 1.00 bits per heavy atom. The van der Waals surface area contributed by atoms with Gasteiger partial charge in [-0.2, -0.15) is 0 Å². The number of hydrogen-bond acceptors (Lipinski definition) is 5. The largest absolute Gasteiger partial charge is 0.481 e. The molecular weight excluding hydrogens is 438 g/mol. The molecule has 2 fully saturated rings. The van der Waals surface area contributed by atoms with Gasteiger partial charge in [-0.25, -0.2) is 4.79 Å². The molecule has 3 aliphatic rings. The van der Waals surface area contributed by atoms with E-state index in [1.807, 2.05) is 13.8 Å². The number of esters is 1. The highest BCUT2D eigenvalue weighted by Crippen LogP contribution is 2.57. The Balaban J connectivity index is 1.68. The number of aryl methyl sites for hydroxylation is 1. The lowest BCUT2D eigenvalue weighted by Crippen LogP contribution is -2.38. The van der Waals surface area contributed by atoms with Crippen LogP contribution in [0.2, 0.25) is 0 Å². The zero-order valence-electron chi connectivity index (χ0n) is 19.9. The van der Waals surface area contributed by atoms with Crippen molar-refractivity contribution in [3.05, 3.63) is 27.2 Å². The molecule has 33 heavy (non-hydrogen) atoms. The molecule has 6 nitrogen and oxygen atoms in total. The highest BCUT2D eigenvalue weighted by molar-refractivity contribution is 7.17. The summed E-state index contributed by atoms with van der Waals surface area (Å²) in [5.41, 5.74) is 3.79. The Bertz CT molecular complexity index is 974. The number of nitrogens with one attached hydrogen (secondary N) is 1. The van der Waals surface area contributed by atoms with E-state index in [4.69, 9.17) is 4.74 Å². The fraction of sp³-hybridized carbons (Fsp3) is 0.654. The number of hydrogen-bond donors (Lipinski definition) is 2. The summed E-state index contributed by atoms with van der Waals surface area (Å²) in [7, 11) is 0. The second kappa shape index (κ2) is 10.00. The highest BCUT2D eigenvalue weighted by Gasteiger charge is 2.57. The number of thiophene rings is 1. The molecule has 1 aromatic heterocycles. The average Bonchev–Trinajstić information content (AvgIpc) is 3.43. The molecule has 4 atom stereocenters. The number of allylic oxidation sites excluding steroid dienone is 2. The lowest BCUT2D eigenvalue weighted by atomic mass is 9.78. The Kier molecular flexibility index (Phi) is 7.27. The molecule has 3 aliphatic carbocycles. The maximum atomic E-state index is 13.6. The van der Waals surface area contributed by atoms with Crippen molar-refractivity contribution < 1.29 is 24.2 Å². The molecule has 1 heterocycles. The summed E-state index contributed by atoms with van der Waals surface area (Å²) < 4.78 is 5.38. The summed E-state index contributed by atoms with van der Waals surface area (Å²) in [6.45, 7) is 6.08. The number of carbonyl (C=O) groups is 3. The minimum Gasteiger partial charge on any atom is -0.481 e. The predicted molar refractivity (Wildman–Crippen MR) is 129 cm³/mol. The number of ether oxygens (including phenoxy) is 1. The molecule has 7 heteroatoms. The maximum absolute atomic E-state index is 13.6. The molecule has 0 radical (unpaired) electrons. The second-order valence-electron chi connectivity index (χ2n) is 9.82. The van der Waals surface area contributed by atoms with E-state index in [0.717, 1.165) is 66.5 Å². The van der Waals surface area contributed by atoms with Gasteiger partial charge in [-0.3, -0.25) is 9.59 Å². The summed E-state index contributed by atoms with van der Waals surface area (Å²) in [6.07, 6.45) is 8.98. The molecule has 180 valence electrons. The van der Waals surface area contributed by atoms with Gasteiger partial charge in [0.15, 0.2) is 0 Å². The fourth-order valence-corrected chi connectivity index (χ4v) is 7.68. The monoisotopic (exact) mass is 473 g/mol. The van der Waals surface area contributed by atoms with Gasteiger partial charge in [0.2, 0.25) is 5.91 Å². The van der Waals surface area contributed by atoms with Crippen LogP contribution in [0.25, 0.3) is 0 Å². The third kappa shape index (κ3) is 4.48. The van der Waals surface area contributed by atoms with E-state index < -0.39 is 23.8 Å². The zero-order chi connectivity index (χ0) is 23.7. The molecule has 2 N–H and O–H groups in total. The van der Waals surface area contributed by atoms with E-state index in [9.17, 15) is 19.5 Å². The van der Waals surface area contributed by atoms with E-state index in [1.165, 1.54) is 24.2 Å². The van der Waals surface area contributed by atoms with Crippen molar-refractivity contribution in [3.63, 3.8) is 0 Å². The first-order valence-corrected chi connectivity index (χ1v) is 13.2. The van der Waals surface area contributed by atoms with Crippen LogP contribution in [0.5, 0.6) is 0 Å². The number of amides is 1. The molecule has 4 rings (SSSR count). The van der Waals surface area contributed by atoms with Crippen LogP contribution in [0.3, 0.4) is 0 Å². The zero-order valence-corrected chi connectivity index (χ0v) is 20.7. The highest BCUT2D eigenvalue weighted by atomic mass is 32.1. The Morgan fingerprint density at radius 2 is 1.64 bits per heavy atom. The van der Waals surface area contributed by atoms with Crippen molar-refractivity contribution in [3.8, 4) is 0 Å². The van der Waals surface area contributed by atoms with Gasteiger partial charge in [-0.15, -0.1) is 11.3 Å². The van der Waals surface area contributed by atoms with Crippen LogP contribution < -0.4 is 5.32 Å². The molecule has 2 saturated carbocycles. The van der Waals surface area contributed by atoms with E-state index in [1.54, 1.807) is 6.92 Å². The molecule has 1 aromatic rings. The lowest BCUT2D eigenvalue weighted by molar-refractivity contribution is -0.148. The average molecular weight is 474 g/mol. The molecule has 0 aromatic carbocycles. The predicted octanol–water partition coefficient (Wildman–Crippen LogP) is 5.61. The number of rotatable bonds is 5. The van der Waals surface area contributed by atoms with Crippen molar-refractivity contribution in [1.29, 1.82) is 0 Å². The van der Waals surface area contributed by atoms with Crippen molar-refractivity contribution in [1.82, 2.24) is 0 Å². The fourth-order valence-electron chi connectivity index (χ4n) is 6.40. The molecule has 0 saturated heterocycles. The van der Waals surface area contributed by atoms with Crippen molar-refractivity contribution >= 4 is 34.2 Å². The smallest absolute Gasteiger partial charge is 0.341 e. The molecule has 0 aliphatic heterocycles. The Hall–Kier alpha value is -2.15. The Labute approximate surface area is 199 Å². The van der Waals surface area contributed by atoms with Crippen LogP contribution in [-0.4, -0.2) is 29.6 Å². The quantitative estimate of drug-likeness (QED) is 0.429. The normalized spacial score (nSPS) is 26.7. The lowest BCUT2D eigenvalue weighted by Gasteiger charge is -2.26. The van der Waals surface area contributed by atoms with Crippen LogP contribution in [0.15, 0.2) is 11.1 Å². The van der Waals surface area contributed by atoms with Gasteiger partial charge in [0.05, 0.1) is 24.0 Å². The van der Waals surface area contributed by atoms with Gasteiger partial charge < -0.3 is 15.2 Å². The van der Waals surface area contributed by atoms with Crippen molar-refractivity contribution in [2.75, 3.05) is 11.9 Å². The van der Waals surface area contributed by atoms with E-state index in [0.29, 0.717) is 10.6 Å². The first-order valence-electron chi connectivity index (χ1n) is 12.4. The molecule has 0 spiro atoms. The van der Waals surface area contributed by atoms with Crippen molar-refractivity contribution in [2.45, 2.75) is 78.6 Å². The van der Waals surface area contributed by atoms with Crippen LogP contribution in [0.1, 0.15) is 86.5 Å². The third-order valence-corrected chi connectivity index (χ3v) is 8.85. The van der Waals surface area contributed by atoms with Crippen molar-refractivity contribution in [2.24, 2.45) is 23.7 Å². The van der Waals surface area contributed by atoms with Gasteiger partial charge in [0, 0.05) is 4.88 Å². The first-order chi connectivity index (χ1) is 15.8. The van der Waals surface area contributed by atoms with E-state index in [-0.39, 0.29) is 24.3 Å². The molecule has 2 bridgehead atoms. The summed E-state index contributed by atoms with van der Waals surface area (Å²) in [5, 5.41) is 13.5. The van der Waals surface area contributed by atoms with Gasteiger partial charge in [-0.1, -0.05) is 30.4 Å². The first kappa shape index (κ1) is 24.0. The minimum absolute atomic E-state index is 0.0309.